The lowest BCUT2D eigenvalue weighted by molar-refractivity contribution is -0.158. The Labute approximate surface area is 177 Å². The number of esters is 1. The van der Waals surface area contributed by atoms with Gasteiger partial charge in [0.1, 0.15) is 5.25 Å². The second-order valence-electron chi connectivity index (χ2n) is 7.30. The third-order valence-electron chi connectivity index (χ3n) is 5.02. The van der Waals surface area contributed by atoms with Gasteiger partial charge in [-0.3, -0.25) is 9.59 Å². The van der Waals surface area contributed by atoms with E-state index in [9.17, 15) is 9.59 Å². The molecule has 1 aliphatic rings. The van der Waals surface area contributed by atoms with E-state index in [4.69, 9.17) is 4.74 Å². The minimum atomic E-state index is -0.771. The van der Waals surface area contributed by atoms with E-state index in [0.717, 1.165) is 18.0 Å². The molecule has 0 unspecified atom stereocenters. The standard InChI is InChI=1S/C23H28N2O3S/c1-17-9-11-21(12-10-17)29-19(3)23(27)28-18(2)22(26)25-15-13-24(14-16-25)20-7-5-4-6-8-20/h4-12,18-19H,13-16H2,1-3H3/t18-,19-/m1/s1. The smallest absolute Gasteiger partial charge is 0.319 e. The number of piperazine rings is 1. The maximum Gasteiger partial charge on any atom is 0.319 e. The van der Waals surface area contributed by atoms with Gasteiger partial charge in [-0.1, -0.05) is 35.9 Å². The van der Waals surface area contributed by atoms with Crippen LogP contribution in [0.4, 0.5) is 5.69 Å². The summed E-state index contributed by atoms with van der Waals surface area (Å²) in [6.45, 7) is 8.30. The first-order valence-corrected chi connectivity index (χ1v) is 10.8. The van der Waals surface area contributed by atoms with Gasteiger partial charge >= 0.3 is 5.97 Å². The topological polar surface area (TPSA) is 49.9 Å². The van der Waals surface area contributed by atoms with Gasteiger partial charge in [0, 0.05) is 36.8 Å². The number of carbonyl (C=O) groups excluding carboxylic acids is 2. The van der Waals surface area contributed by atoms with E-state index in [2.05, 4.69) is 17.0 Å². The van der Waals surface area contributed by atoms with Crippen LogP contribution >= 0.6 is 11.8 Å². The van der Waals surface area contributed by atoms with Crippen molar-refractivity contribution in [2.75, 3.05) is 31.1 Å². The van der Waals surface area contributed by atoms with Gasteiger partial charge in [0.05, 0.1) is 0 Å². The van der Waals surface area contributed by atoms with Crippen LogP contribution in [0.5, 0.6) is 0 Å². The van der Waals surface area contributed by atoms with Gasteiger partial charge in [-0.15, -0.1) is 11.8 Å². The van der Waals surface area contributed by atoms with Crippen LogP contribution < -0.4 is 4.90 Å². The Morgan fingerprint density at radius 2 is 1.55 bits per heavy atom. The number of hydrogen-bond acceptors (Lipinski definition) is 5. The highest BCUT2D eigenvalue weighted by molar-refractivity contribution is 8.00. The zero-order valence-electron chi connectivity index (χ0n) is 17.2. The molecule has 1 heterocycles. The lowest BCUT2D eigenvalue weighted by atomic mass is 10.2. The lowest BCUT2D eigenvalue weighted by Gasteiger charge is -2.37. The van der Waals surface area contributed by atoms with E-state index in [1.54, 1.807) is 11.8 Å². The number of benzene rings is 2. The fraction of sp³-hybridized carbons (Fsp3) is 0.391. The molecule has 0 radical (unpaired) electrons. The Bertz CT molecular complexity index is 818. The van der Waals surface area contributed by atoms with Gasteiger partial charge < -0.3 is 14.5 Å². The molecule has 6 heteroatoms. The molecular formula is C23H28N2O3S. The zero-order chi connectivity index (χ0) is 20.8. The Morgan fingerprint density at radius 3 is 2.17 bits per heavy atom. The molecule has 1 amide bonds. The van der Waals surface area contributed by atoms with E-state index < -0.39 is 6.10 Å². The number of hydrogen-bond donors (Lipinski definition) is 0. The number of ether oxygens (including phenoxy) is 1. The summed E-state index contributed by atoms with van der Waals surface area (Å²) in [4.78, 5) is 30.2. The Hall–Kier alpha value is -2.47. The average molecular weight is 413 g/mol. The van der Waals surface area contributed by atoms with Gasteiger partial charge in [-0.2, -0.15) is 0 Å². The molecule has 1 saturated heterocycles. The average Bonchev–Trinajstić information content (AvgIpc) is 2.75. The van der Waals surface area contributed by atoms with E-state index in [1.165, 1.54) is 23.0 Å². The number of para-hydroxylation sites is 1. The number of amides is 1. The molecule has 0 N–H and O–H groups in total. The molecule has 2 aromatic rings. The van der Waals surface area contributed by atoms with E-state index in [-0.39, 0.29) is 17.1 Å². The number of nitrogens with zero attached hydrogens (tertiary/aromatic N) is 2. The Balaban J connectivity index is 1.47. The van der Waals surface area contributed by atoms with Crippen molar-refractivity contribution in [1.29, 1.82) is 0 Å². The SMILES string of the molecule is Cc1ccc(S[C@H](C)C(=O)O[C@H](C)C(=O)N2CCN(c3ccccc3)CC2)cc1. The summed E-state index contributed by atoms with van der Waals surface area (Å²) in [5, 5.41) is -0.372. The number of rotatable bonds is 6. The summed E-state index contributed by atoms with van der Waals surface area (Å²) in [5.41, 5.74) is 2.34. The van der Waals surface area contributed by atoms with Gasteiger partial charge in [-0.05, 0) is 45.0 Å². The second kappa shape index (κ2) is 9.83. The fourth-order valence-corrected chi connectivity index (χ4v) is 4.12. The third kappa shape index (κ3) is 5.76. The van der Waals surface area contributed by atoms with Crippen molar-refractivity contribution in [2.45, 2.75) is 37.0 Å². The molecule has 5 nitrogen and oxygen atoms in total. The highest BCUT2D eigenvalue weighted by Crippen LogP contribution is 2.25. The van der Waals surface area contributed by atoms with Crippen molar-refractivity contribution in [3.63, 3.8) is 0 Å². The maximum absolute atomic E-state index is 12.7. The molecule has 1 fully saturated rings. The maximum atomic E-state index is 12.7. The van der Waals surface area contributed by atoms with Crippen LogP contribution in [0, 0.1) is 6.92 Å². The second-order valence-corrected chi connectivity index (χ2v) is 8.71. The summed E-state index contributed by atoms with van der Waals surface area (Å²) in [6.07, 6.45) is -0.771. The minimum absolute atomic E-state index is 0.126. The molecular weight excluding hydrogens is 384 g/mol. The zero-order valence-corrected chi connectivity index (χ0v) is 18.0. The van der Waals surface area contributed by atoms with Crippen LogP contribution in [-0.2, 0) is 14.3 Å². The van der Waals surface area contributed by atoms with Gasteiger partial charge in [0.2, 0.25) is 0 Å². The first-order chi connectivity index (χ1) is 13.9. The molecule has 3 rings (SSSR count). The van der Waals surface area contributed by atoms with Crippen molar-refractivity contribution in [3.05, 3.63) is 60.2 Å². The first-order valence-electron chi connectivity index (χ1n) is 9.96. The number of thioether (sulfide) groups is 1. The highest BCUT2D eigenvalue weighted by atomic mass is 32.2. The molecule has 0 bridgehead atoms. The van der Waals surface area contributed by atoms with E-state index >= 15 is 0 Å². The molecule has 154 valence electrons. The van der Waals surface area contributed by atoms with E-state index in [1.807, 2.05) is 56.3 Å². The van der Waals surface area contributed by atoms with Crippen LogP contribution in [0.15, 0.2) is 59.5 Å². The highest BCUT2D eigenvalue weighted by Gasteiger charge is 2.28. The number of aryl methyl sites for hydroxylation is 1. The Kier molecular flexibility index (Phi) is 7.20. The summed E-state index contributed by atoms with van der Waals surface area (Å²) in [7, 11) is 0. The van der Waals surface area contributed by atoms with Crippen molar-refractivity contribution in [3.8, 4) is 0 Å². The molecule has 0 saturated carbocycles. The third-order valence-corrected chi connectivity index (χ3v) is 6.11. The van der Waals surface area contributed by atoms with Crippen molar-refractivity contribution in [1.82, 2.24) is 4.90 Å². The van der Waals surface area contributed by atoms with Crippen LogP contribution in [0.3, 0.4) is 0 Å². The van der Waals surface area contributed by atoms with Crippen molar-refractivity contribution in [2.24, 2.45) is 0 Å². The van der Waals surface area contributed by atoms with Crippen molar-refractivity contribution < 1.29 is 14.3 Å². The fourth-order valence-electron chi connectivity index (χ4n) is 3.27. The summed E-state index contributed by atoms with van der Waals surface area (Å²) in [6, 6.07) is 18.2. The summed E-state index contributed by atoms with van der Waals surface area (Å²) < 4.78 is 5.47. The van der Waals surface area contributed by atoms with Gasteiger partial charge in [0.25, 0.3) is 5.91 Å². The van der Waals surface area contributed by atoms with Gasteiger partial charge in [-0.25, -0.2) is 0 Å². The largest absolute Gasteiger partial charge is 0.452 e. The first kappa shape index (κ1) is 21.2. The predicted octanol–water partition coefficient (Wildman–Crippen LogP) is 3.76. The monoisotopic (exact) mass is 412 g/mol. The summed E-state index contributed by atoms with van der Waals surface area (Å²) >= 11 is 1.44. The summed E-state index contributed by atoms with van der Waals surface area (Å²) in [5.74, 6) is -0.488. The van der Waals surface area contributed by atoms with Crippen LogP contribution in [0.1, 0.15) is 19.4 Å². The molecule has 0 spiro atoms. The van der Waals surface area contributed by atoms with Crippen molar-refractivity contribution >= 4 is 29.3 Å². The Morgan fingerprint density at radius 1 is 0.931 bits per heavy atom. The molecule has 0 aromatic heterocycles. The molecule has 2 aromatic carbocycles. The van der Waals surface area contributed by atoms with E-state index in [0.29, 0.717) is 13.1 Å². The molecule has 0 aliphatic carbocycles. The predicted molar refractivity (Wildman–Crippen MR) is 117 cm³/mol. The van der Waals surface area contributed by atoms with Crippen LogP contribution in [-0.4, -0.2) is 54.3 Å². The van der Waals surface area contributed by atoms with Crippen LogP contribution in [0.25, 0.3) is 0 Å². The number of carbonyl (C=O) groups is 2. The number of anilines is 1. The normalized spacial score (nSPS) is 16.2. The van der Waals surface area contributed by atoms with Crippen LogP contribution in [0.2, 0.25) is 0 Å². The molecule has 29 heavy (non-hydrogen) atoms. The quantitative estimate of drug-likeness (QED) is 0.534. The van der Waals surface area contributed by atoms with Gasteiger partial charge in [0.15, 0.2) is 6.10 Å². The molecule has 1 aliphatic heterocycles. The minimum Gasteiger partial charge on any atom is -0.452 e. The molecule has 2 atom stereocenters. The lowest BCUT2D eigenvalue weighted by Crippen LogP contribution is -2.51.